The van der Waals surface area contributed by atoms with Crippen molar-refractivity contribution in [3.05, 3.63) is 46.4 Å². The molecule has 1 saturated heterocycles. The first kappa shape index (κ1) is 19.4. The van der Waals surface area contributed by atoms with E-state index < -0.39 is 0 Å². The van der Waals surface area contributed by atoms with E-state index in [9.17, 15) is 9.59 Å². The summed E-state index contributed by atoms with van der Waals surface area (Å²) in [6.07, 6.45) is 3.31. The summed E-state index contributed by atoms with van der Waals surface area (Å²) in [7, 11) is 1.60. The lowest BCUT2D eigenvalue weighted by Gasteiger charge is -2.22. The van der Waals surface area contributed by atoms with Crippen LogP contribution in [0.2, 0.25) is 0 Å². The predicted molar refractivity (Wildman–Crippen MR) is 113 cm³/mol. The van der Waals surface area contributed by atoms with Crippen LogP contribution < -0.4 is 20.5 Å². The highest BCUT2D eigenvalue weighted by molar-refractivity contribution is 7.20. The molecule has 2 aromatic heterocycles. The van der Waals surface area contributed by atoms with Gasteiger partial charge in [0.25, 0.3) is 5.56 Å². The number of hydrogen-bond donors (Lipinski definition) is 1. The van der Waals surface area contributed by atoms with Crippen molar-refractivity contribution in [1.29, 1.82) is 0 Å². The van der Waals surface area contributed by atoms with Crippen molar-refractivity contribution in [3.63, 3.8) is 0 Å². The summed E-state index contributed by atoms with van der Waals surface area (Å²) in [5, 5.41) is 8.06. The first-order valence-corrected chi connectivity index (χ1v) is 10.5. The van der Waals surface area contributed by atoms with Gasteiger partial charge in [-0.25, -0.2) is 4.98 Å². The molecule has 1 aliphatic heterocycles. The minimum Gasteiger partial charge on any atom is -0.497 e. The second kappa shape index (κ2) is 8.20. The molecule has 0 bridgehead atoms. The van der Waals surface area contributed by atoms with E-state index in [2.05, 4.69) is 22.3 Å². The molecule has 1 fully saturated rings. The molecule has 29 heavy (non-hydrogen) atoms. The van der Waals surface area contributed by atoms with Crippen LogP contribution in [0.4, 0.5) is 10.8 Å². The highest BCUT2D eigenvalue weighted by Crippen LogP contribution is 2.30. The Morgan fingerprint density at radius 2 is 2.14 bits per heavy atom. The van der Waals surface area contributed by atoms with Crippen molar-refractivity contribution in [3.8, 4) is 5.75 Å². The summed E-state index contributed by atoms with van der Waals surface area (Å²) in [5.41, 5.74) is 1.32. The number of benzene rings is 1. The number of aromatic nitrogens is 3. The van der Waals surface area contributed by atoms with E-state index >= 15 is 0 Å². The van der Waals surface area contributed by atoms with Crippen LogP contribution in [-0.4, -0.2) is 40.2 Å². The summed E-state index contributed by atoms with van der Waals surface area (Å²) in [5.74, 6) is 0.652. The fourth-order valence-corrected chi connectivity index (χ4v) is 4.52. The van der Waals surface area contributed by atoms with Gasteiger partial charge in [0.15, 0.2) is 0 Å². The van der Waals surface area contributed by atoms with Crippen LogP contribution in [0.15, 0.2) is 35.1 Å². The van der Waals surface area contributed by atoms with Crippen LogP contribution in [0.1, 0.15) is 31.9 Å². The lowest BCUT2D eigenvalue weighted by atomic mass is 10.2. The summed E-state index contributed by atoms with van der Waals surface area (Å²) >= 11 is 1.35. The zero-order valence-electron chi connectivity index (χ0n) is 16.4. The molecule has 1 amide bonds. The molecule has 1 atom stereocenters. The van der Waals surface area contributed by atoms with Crippen LogP contribution in [0.25, 0.3) is 4.96 Å². The number of methoxy groups -OCH3 is 1. The molecule has 1 unspecified atom stereocenters. The highest BCUT2D eigenvalue weighted by atomic mass is 32.1. The van der Waals surface area contributed by atoms with Crippen molar-refractivity contribution in [1.82, 2.24) is 14.6 Å². The Morgan fingerprint density at radius 3 is 2.86 bits per heavy atom. The fourth-order valence-electron chi connectivity index (χ4n) is 3.51. The van der Waals surface area contributed by atoms with E-state index in [1.165, 1.54) is 21.9 Å². The third-order valence-electron chi connectivity index (χ3n) is 4.95. The molecule has 0 spiro atoms. The van der Waals surface area contributed by atoms with Crippen LogP contribution in [0.5, 0.6) is 5.75 Å². The Hall–Kier alpha value is -2.94. The maximum absolute atomic E-state index is 12.9. The molecule has 0 radical (unpaired) electrons. The standard InChI is InChI=1S/C20H23N5O3S/c1-3-5-14-12-17(26)25-19(22-14)29-20(23-25)24-11-4-6-16(24)18(27)21-13-7-9-15(28-2)10-8-13/h7-10,12,16H,3-6,11H2,1-2H3,(H,21,27). The molecule has 1 aromatic carbocycles. The third kappa shape index (κ3) is 3.95. The van der Waals surface area contributed by atoms with Crippen molar-refractivity contribution in [2.45, 2.75) is 38.6 Å². The van der Waals surface area contributed by atoms with E-state index in [0.717, 1.165) is 43.7 Å². The van der Waals surface area contributed by atoms with Gasteiger partial charge in [-0.05, 0) is 43.5 Å². The topological polar surface area (TPSA) is 88.8 Å². The fraction of sp³-hybridized carbons (Fsp3) is 0.400. The molecule has 0 saturated carbocycles. The van der Waals surface area contributed by atoms with Gasteiger partial charge in [-0.15, -0.1) is 5.10 Å². The Morgan fingerprint density at radius 1 is 1.34 bits per heavy atom. The number of carbonyl (C=O) groups is 1. The molecule has 9 heteroatoms. The van der Waals surface area contributed by atoms with Crippen molar-refractivity contribution in [2.24, 2.45) is 0 Å². The van der Waals surface area contributed by atoms with E-state index in [4.69, 9.17) is 4.74 Å². The Kier molecular flexibility index (Phi) is 5.48. The van der Waals surface area contributed by atoms with Gasteiger partial charge in [0.2, 0.25) is 16.0 Å². The Bertz CT molecular complexity index is 1080. The van der Waals surface area contributed by atoms with Crippen molar-refractivity contribution < 1.29 is 9.53 Å². The number of rotatable bonds is 6. The van der Waals surface area contributed by atoms with Crippen molar-refractivity contribution >= 4 is 33.0 Å². The lowest BCUT2D eigenvalue weighted by molar-refractivity contribution is -0.117. The number of aryl methyl sites for hydroxylation is 1. The number of carbonyl (C=O) groups excluding carboxylic acids is 1. The summed E-state index contributed by atoms with van der Waals surface area (Å²) in [6.45, 7) is 2.77. The van der Waals surface area contributed by atoms with Crippen LogP contribution in [0.3, 0.4) is 0 Å². The summed E-state index contributed by atoms with van der Waals surface area (Å²) < 4.78 is 6.48. The van der Waals surface area contributed by atoms with E-state index in [1.54, 1.807) is 7.11 Å². The minimum absolute atomic E-state index is 0.0844. The van der Waals surface area contributed by atoms with Crippen molar-refractivity contribution in [2.75, 3.05) is 23.9 Å². The lowest BCUT2D eigenvalue weighted by Crippen LogP contribution is -2.39. The number of fused-ring (bicyclic) bond motifs is 1. The normalized spacial score (nSPS) is 16.3. The molecule has 8 nitrogen and oxygen atoms in total. The van der Waals surface area contributed by atoms with Gasteiger partial charge in [-0.3, -0.25) is 9.59 Å². The van der Waals surface area contributed by atoms with E-state index in [-0.39, 0.29) is 17.5 Å². The number of amides is 1. The first-order chi connectivity index (χ1) is 14.1. The second-order valence-corrected chi connectivity index (χ2v) is 7.92. The van der Waals surface area contributed by atoms with Gasteiger partial charge >= 0.3 is 0 Å². The zero-order chi connectivity index (χ0) is 20.4. The minimum atomic E-state index is -0.330. The number of ether oxygens (including phenoxy) is 1. The molecule has 3 aromatic rings. The molecule has 1 aliphatic rings. The van der Waals surface area contributed by atoms with E-state index in [1.807, 2.05) is 29.2 Å². The SMILES string of the molecule is CCCc1cc(=O)n2nc(N3CCCC3C(=O)Nc3ccc(OC)cc3)sc2n1. The molecule has 0 aliphatic carbocycles. The van der Waals surface area contributed by atoms with Gasteiger partial charge in [0.05, 0.1) is 7.11 Å². The van der Waals surface area contributed by atoms with Gasteiger partial charge < -0.3 is 15.0 Å². The highest BCUT2D eigenvalue weighted by Gasteiger charge is 2.33. The zero-order valence-corrected chi connectivity index (χ0v) is 17.2. The quantitative estimate of drug-likeness (QED) is 0.668. The Labute approximate surface area is 172 Å². The average Bonchev–Trinajstić information content (AvgIpc) is 3.36. The third-order valence-corrected chi connectivity index (χ3v) is 5.90. The smallest absolute Gasteiger partial charge is 0.275 e. The Balaban J connectivity index is 1.56. The van der Waals surface area contributed by atoms with Gasteiger partial charge in [-0.1, -0.05) is 24.7 Å². The molecule has 152 valence electrons. The number of hydrogen-bond acceptors (Lipinski definition) is 7. The predicted octanol–water partition coefficient (Wildman–Crippen LogP) is 2.72. The monoisotopic (exact) mass is 413 g/mol. The molecular formula is C20H23N5O3S. The first-order valence-electron chi connectivity index (χ1n) is 9.70. The number of nitrogens with one attached hydrogen (secondary N) is 1. The van der Waals surface area contributed by atoms with Gasteiger partial charge in [0, 0.05) is 24.0 Å². The molecular weight excluding hydrogens is 390 g/mol. The molecule has 3 heterocycles. The molecule has 4 rings (SSSR count). The van der Waals surface area contributed by atoms with Crippen LogP contribution in [0, 0.1) is 0 Å². The number of nitrogens with zero attached hydrogens (tertiary/aromatic N) is 4. The van der Waals surface area contributed by atoms with Gasteiger partial charge in [-0.2, -0.15) is 4.52 Å². The van der Waals surface area contributed by atoms with Gasteiger partial charge in [0.1, 0.15) is 11.8 Å². The van der Waals surface area contributed by atoms with Crippen LogP contribution >= 0.6 is 11.3 Å². The average molecular weight is 414 g/mol. The molecule has 1 N–H and O–H groups in total. The summed E-state index contributed by atoms with van der Waals surface area (Å²) in [4.78, 5) is 32.3. The maximum Gasteiger partial charge on any atom is 0.275 e. The maximum atomic E-state index is 12.9. The summed E-state index contributed by atoms with van der Waals surface area (Å²) in [6, 6.07) is 8.45. The van der Waals surface area contributed by atoms with Crippen LogP contribution in [-0.2, 0) is 11.2 Å². The largest absolute Gasteiger partial charge is 0.497 e. The second-order valence-electron chi connectivity index (χ2n) is 6.98. The number of anilines is 2. The van der Waals surface area contributed by atoms with E-state index in [0.29, 0.717) is 15.8 Å².